The van der Waals surface area contributed by atoms with Gasteiger partial charge in [-0.05, 0) is 39.2 Å². The quantitative estimate of drug-likeness (QED) is 0.572. The number of aromatic nitrogens is 1. The maximum atomic E-state index is 12.4. The predicted octanol–water partition coefficient (Wildman–Crippen LogP) is 1.38. The maximum absolute atomic E-state index is 12.4. The van der Waals surface area contributed by atoms with E-state index in [1.807, 2.05) is 0 Å². The molecule has 1 aliphatic rings. The molecule has 1 N–H and O–H groups in total. The van der Waals surface area contributed by atoms with Gasteiger partial charge in [-0.3, -0.25) is 9.59 Å². The third kappa shape index (κ3) is 4.71. The monoisotopic (exact) mass is 394 g/mol. The summed E-state index contributed by atoms with van der Waals surface area (Å²) in [6, 6.07) is 0. The molecule has 1 amide bonds. The number of nitrogens with one attached hydrogen (secondary N) is 1. The molecule has 0 atom stereocenters. The highest BCUT2D eigenvalue weighted by molar-refractivity contribution is 5.99. The minimum Gasteiger partial charge on any atom is -0.469 e. The number of methoxy groups -OCH3 is 1. The average Bonchev–Trinajstić information content (AvgIpc) is 2.99. The molecule has 0 radical (unpaired) electrons. The maximum Gasteiger partial charge on any atom is 0.355 e. The Morgan fingerprint density at radius 1 is 1.07 bits per heavy atom. The van der Waals surface area contributed by atoms with Crippen LogP contribution in [0.25, 0.3) is 0 Å². The van der Waals surface area contributed by atoms with E-state index in [0.717, 1.165) is 0 Å². The lowest BCUT2D eigenvalue weighted by Crippen LogP contribution is -2.42. The second-order valence-electron chi connectivity index (χ2n) is 6.60. The van der Waals surface area contributed by atoms with Crippen molar-refractivity contribution in [1.29, 1.82) is 0 Å². The van der Waals surface area contributed by atoms with Crippen molar-refractivity contribution in [2.45, 2.75) is 33.6 Å². The Hall–Kier alpha value is -2.84. The number of H-pyrrole nitrogens is 1. The molecule has 0 aromatic carbocycles. The molecule has 0 aliphatic carbocycles. The highest BCUT2D eigenvalue weighted by atomic mass is 16.5. The Morgan fingerprint density at radius 3 is 2.29 bits per heavy atom. The van der Waals surface area contributed by atoms with Gasteiger partial charge in [0.05, 0.1) is 25.2 Å². The number of rotatable bonds is 6. The third-order valence-corrected chi connectivity index (χ3v) is 4.83. The fraction of sp³-hybridized carbons (Fsp3) is 0.579. The smallest absolute Gasteiger partial charge is 0.355 e. The molecule has 0 unspecified atom stereocenters. The Morgan fingerprint density at radius 2 is 1.71 bits per heavy atom. The number of likely N-dealkylation sites (tertiary alicyclic amines) is 1. The molecule has 0 bridgehead atoms. The lowest BCUT2D eigenvalue weighted by atomic mass is 9.97. The summed E-state index contributed by atoms with van der Waals surface area (Å²) in [5.41, 5.74) is 1.31. The summed E-state index contributed by atoms with van der Waals surface area (Å²) in [6.07, 6.45) is 1.04. The molecule has 2 heterocycles. The lowest BCUT2D eigenvalue weighted by Gasteiger charge is -2.30. The highest BCUT2D eigenvalue weighted by Gasteiger charge is 2.29. The molecule has 9 heteroatoms. The molecule has 1 aliphatic heterocycles. The number of amides is 1. The van der Waals surface area contributed by atoms with E-state index in [0.29, 0.717) is 37.2 Å². The topological polar surface area (TPSA) is 115 Å². The minimum atomic E-state index is -0.681. The normalized spacial score (nSPS) is 14.5. The molecule has 0 spiro atoms. The van der Waals surface area contributed by atoms with Gasteiger partial charge in [0.1, 0.15) is 5.69 Å². The molecule has 28 heavy (non-hydrogen) atoms. The van der Waals surface area contributed by atoms with Crippen LogP contribution in [-0.2, 0) is 23.8 Å². The fourth-order valence-corrected chi connectivity index (χ4v) is 3.29. The van der Waals surface area contributed by atoms with Crippen molar-refractivity contribution in [2.24, 2.45) is 5.92 Å². The molecule has 154 valence electrons. The number of aryl methyl sites for hydroxylation is 1. The van der Waals surface area contributed by atoms with Crippen LogP contribution < -0.4 is 0 Å². The third-order valence-electron chi connectivity index (χ3n) is 4.83. The van der Waals surface area contributed by atoms with Crippen LogP contribution in [0.2, 0.25) is 0 Å². The fourth-order valence-electron chi connectivity index (χ4n) is 3.29. The first-order valence-electron chi connectivity index (χ1n) is 9.19. The zero-order valence-electron chi connectivity index (χ0n) is 16.6. The van der Waals surface area contributed by atoms with Gasteiger partial charge in [0.25, 0.3) is 5.91 Å². The van der Waals surface area contributed by atoms with Crippen LogP contribution >= 0.6 is 0 Å². The molecule has 0 saturated carbocycles. The number of piperidine rings is 1. The van der Waals surface area contributed by atoms with Crippen molar-refractivity contribution in [3.05, 3.63) is 22.5 Å². The molecule has 9 nitrogen and oxygen atoms in total. The van der Waals surface area contributed by atoms with Gasteiger partial charge in [-0.1, -0.05) is 0 Å². The number of esters is 3. The van der Waals surface area contributed by atoms with E-state index in [-0.39, 0.29) is 35.7 Å². The van der Waals surface area contributed by atoms with Gasteiger partial charge < -0.3 is 24.1 Å². The zero-order chi connectivity index (χ0) is 20.8. The summed E-state index contributed by atoms with van der Waals surface area (Å²) in [5, 5.41) is 0. The summed E-state index contributed by atoms with van der Waals surface area (Å²) < 4.78 is 14.8. The van der Waals surface area contributed by atoms with Crippen LogP contribution in [0.5, 0.6) is 0 Å². The summed E-state index contributed by atoms with van der Waals surface area (Å²) in [7, 11) is 1.34. The standard InChI is InChI=1S/C19H26N2O7/c1-5-27-19(25)16-11(2)15(12(3)20-16)18(24)28-10-14(22)21-8-6-13(7-9-21)17(23)26-4/h13,20H,5-10H2,1-4H3. The summed E-state index contributed by atoms with van der Waals surface area (Å²) in [6.45, 7) is 5.59. The number of carbonyl (C=O) groups is 4. The first-order valence-corrected chi connectivity index (χ1v) is 9.19. The Balaban J connectivity index is 1.93. The van der Waals surface area contributed by atoms with Crippen molar-refractivity contribution in [3.63, 3.8) is 0 Å². The van der Waals surface area contributed by atoms with E-state index in [2.05, 4.69) is 4.98 Å². The van der Waals surface area contributed by atoms with Crippen LogP contribution in [0, 0.1) is 19.8 Å². The number of hydrogen-bond donors (Lipinski definition) is 1. The predicted molar refractivity (Wildman–Crippen MR) is 97.8 cm³/mol. The van der Waals surface area contributed by atoms with Crippen LogP contribution in [0.4, 0.5) is 0 Å². The van der Waals surface area contributed by atoms with Crippen LogP contribution in [0.1, 0.15) is 51.9 Å². The first kappa shape index (κ1) is 21.5. The lowest BCUT2D eigenvalue weighted by molar-refractivity contribution is -0.149. The van der Waals surface area contributed by atoms with E-state index < -0.39 is 18.5 Å². The van der Waals surface area contributed by atoms with Crippen molar-refractivity contribution < 1.29 is 33.4 Å². The number of aromatic amines is 1. The number of hydrogen-bond acceptors (Lipinski definition) is 7. The molecular formula is C19H26N2O7. The van der Waals surface area contributed by atoms with Gasteiger partial charge in [0, 0.05) is 18.8 Å². The molecule has 1 fully saturated rings. The van der Waals surface area contributed by atoms with Crippen molar-refractivity contribution >= 4 is 23.8 Å². The molecule has 1 aromatic rings. The Labute approximate surface area is 163 Å². The SMILES string of the molecule is CCOC(=O)c1[nH]c(C)c(C(=O)OCC(=O)N2CCC(C(=O)OC)CC2)c1C. The van der Waals surface area contributed by atoms with Crippen LogP contribution in [0.15, 0.2) is 0 Å². The van der Waals surface area contributed by atoms with E-state index in [1.165, 1.54) is 7.11 Å². The van der Waals surface area contributed by atoms with Gasteiger partial charge in [-0.15, -0.1) is 0 Å². The van der Waals surface area contributed by atoms with Gasteiger partial charge in [0.15, 0.2) is 6.61 Å². The molecular weight excluding hydrogens is 368 g/mol. The number of ether oxygens (including phenoxy) is 3. The van der Waals surface area contributed by atoms with Gasteiger partial charge in [0.2, 0.25) is 0 Å². The second kappa shape index (κ2) is 9.38. The Kier molecular flexibility index (Phi) is 7.19. The summed E-state index contributed by atoms with van der Waals surface area (Å²) in [5.74, 6) is -2.03. The number of nitrogens with zero attached hydrogens (tertiary/aromatic N) is 1. The summed E-state index contributed by atoms with van der Waals surface area (Å²) in [4.78, 5) is 52.6. The van der Waals surface area contributed by atoms with Crippen molar-refractivity contribution in [3.8, 4) is 0 Å². The van der Waals surface area contributed by atoms with Gasteiger partial charge in [-0.25, -0.2) is 9.59 Å². The van der Waals surface area contributed by atoms with E-state index in [9.17, 15) is 19.2 Å². The second-order valence-corrected chi connectivity index (χ2v) is 6.60. The zero-order valence-corrected chi connectivity index (χ0v) is 16.6. The average molecular weight is 394 g/mol. The van der Waals surface area contributed by atoms with E-state index in [4.69, 9.17) is 14.2 Å². The Bertz CT molecular complexity index is 761. The molecule has 2 rings (SSSR count). The minimum absolute atomic E-state index is 0.197. The van der Waals surface area contributed by atoms with Gasteiger partial charge >= 0.3 is 17.9 Å². The van der Waals surface area contributed by atoms with E-state index in [1.54, 1.807) is 25.7 Å². The van der Waals surface area contributed by atoms with E-state index >= 15 is 0 Å². The molecule has 1 aromatic heterocycles. The first-order chi connectivity index (χ1) is 13.3. The number of carbonyl (C=O) groups excluding carboxylic acids is 4. The largest absolute Gasteiger partial charge is 0.469 e. The van der Waals surface area contributed by atoms with Crippen LogP contribution in [0.3, 0.4) is 0 Å². The summed E-state index contributed by atoms with van der Waals surface area (Å²) >= 11 is 0. The molecule has 1 saturated heterocycles. The van der Waals surface area contributed by atoms with Crippen LogP contribution in [-0.4, -0.2) is 67.1 Å². The van der Waals surface area contributed by atoms with Gasteiger partial charge in [-0.2, -0.15) is 0 Å². The highest BCUT2D eigenvalue weighted by Crippen LogP contribution is 2.21. The van der Waals surface area contributed by atoms with Crippen molar-refractivity contribution in [1.82, 2.24) is 9.88 Å². The van der Waals surface area contributed by atoms with Crippen molar-refractivity contribution in [2.75, 3.05) is 33.4 Å².